The lowest BCUT2D eigenvalue weighted by atomic mass is 10.2. The summed E-state index contributed by atoms with van der Waals surface area (Å²) in [5.74, 6) is 1.54. The molecule has 16 heavy (non-hydrogen) atoms. The van der Waals surface area contributed by atoms with E-state index in [-0.39, 0.29) is 0 Å². The van der Waals surface area contributed by atoms with Gasteiger partial charge in [0.2, 0.25) is 11.9 Å². The number of anilines is 2. The van der Waals surface area contributed by atoms with Crippen LogP contribution in [-0.4, -0.2) is 42.7 Å². The molecule has 0 fully saturated rings. The van der Waals surface area contributed by atoms with E-state index in [0.717, 1.165) is 0 Å². The fourth-order valence-electron chi connectivity index (χ4n) is 0.963. The van der Waals surface area contributed by atoms with Gasteiger partial charge in [-0.2, -0.15) is 15.0 Å². The third kappa shape index (κ3) is 3.52. The number of aromatic nitrogens is 3. The SMILES string of the molecule is CNc1nc(OCC(C)C)nc(N(C)C)n1. The summed E-state index contributed by atoms with van der Waals surface area (Å²) < 4.78 is 5.47. The Hall–Kier alpha value is -1.59. The van der Waals surface area contributed by atoms with Crippen molar-refractivity contribution in [2.45, 2.75) is 13.8 Å². The summed E-state index contributed by atoms with van der Waals surface area (Å²) in [6.45, 7) is 4.75. The van der Waals surface area contributed by atoms with E-state index < -0.39 is 0 Å². The zero-order valence-electron chi connectivity index (χ0n) is 10.5. The van der Waals surface area contributed by atoms with Crippen molar-refractivity contribution in [3.8, 4) is 6.01 Å². The molecule has 0 saturated heterocycles. The Balaban J connectivity index is 2.86. The predicted octanol–water partition coefficient (Wildman–Crippen LogP) is 1.01. The van der Waals surface area contributed by atoms with E-state index in [4.69, 9.17) is 4.74 Å². The zero-order chi connectivity index (χ0) is 12.1. The van der Waals surface area contributed by atoms with Gasteiger partial charge in [-0.05, 0) is 5.92 Å². The normalized spacial score (nSPS) is 10.4. The maximum absolute atomic E-state index is 5.47. The van der Waals surface area contributed by atoms with E-state index >= 15 is 0 Å². The first-order valence-corrected chi connectivity index (χ1v) is 5.27. The minimum absolute atomic E-state index is 0.358. The molecule has 6 nitrogen and oxygen atoms in total. The van der Waals surface area contributed by atoms with E-state index in [2.05, 4.69) is 34.1 Å². The molecule has 0 amide bonds. The van der Waals surface area contributed by atoms with E-state index in [9.17, 15) is 0 Å². The Morgan fingerprint density at radius 1 is 1.25 bits per heavy atom. The maximum Gasteiger partial charge on any atom is 0.323 e. The number of hydrogen-bond acceptors (Lipinski definition) is 6. The highest BCUT2D eigenvalue weighted by Crippen LogP contribution is 2.13. The highest BCUT2D eigenvalue weighted by molar-refractivity contribution is 5.36. The van der Waals surface area contributed by atoms with E-state index in [1.807, 2.05) is 19.0 Å². The van der Waals surface area contributed by atoms with Crippen LogP contribution in [0.5, 0.6) is 6.01 Å². The molecule has 0 saturated carbocycles. The van der Waals surface area contributed by atoms with Gasteiger partial charge in [0.1, 0.15) is 0 Å². The van der Waals surface area contributed by atoms with Gasteiger partial charge in [-0.15, -0.1) is 0 Å². The zero-order valence-corrected chi connectivity index (χ0v) is 10.5. The van der Waals surface area contributed by atoms with Gasteiger partial charge in [0.25, 0.3) is 0 Å². The molecule has 1 N–H and O–H groups in total. The minimum Gasteiger partial charge on any atom is -0.463 e. The summed E-state index contributed by atoms with van der Waals surface area (Å²) in [6, 6.07) is 0.358. The van der Waals surface area contributed by atoms with Gasteiger partial charge in [-0.25, -0.2) is 0 Å². The highest BCUT2D eigenvalue weighted by Gasteiger charge is 2.08. The van der Waals surface area contributed by atoms with E-state index in [0.29, 0.717) is 30.4 Å². The van der Waals surface area contributed by atoms with Crippen LogP contribution >= 0.6 is 0 Å². The van der Waals surface area contributed by atoms with Gasteiger partial charge in [-0.1, -0.05) is 13.8 Å². The van der Waals surface area contributed by atoms with Crippen LogP contribution in [0.1, 0.15) is 13.8 Å². The average molecular weight is 225 g/mol. The smallest absolute Gasteiger partial charge is 0.323 e. The van der Waals surface area contributed by atoms with Gasteiger partial charge >= 0.3 is 6.01 Å². The van der Waals surface area contributed by atoms with Crippen molar-refractivity contribution >= 4 is 11.9 Å². The van der Waals surface area contributed by atoms with Crippen LogP contribution in [-0.2, 0) is 0 Å². The molecule has 6 heteroatoms. The number of hydrogen-bond donors (Lipinski definition) is 1. The molecule has 0 aliphatic carbocycles. The van der Waals surface area contributed by atoms with Crippen LogP contribution in [0, 0.1) is 5.92 Å². The summed E-state index contributed by atoms with van der Waals surface area (Å²) in [6.07, 6.45) is 0. The lowest BCUT2D eigenvalue weighted by Gasteiger charge is -2.13. The highest BCUT2D eigenvalue weighted by atomic mass is 16.5. The summed E-state index contributed by atoms with van der Waals surface area (Å²) in [5, 5.41) is 2.88. The molecular weight excluding hydrogens is 206 g/mol. The molecule has 1 aromatic rings. The summed E-state index contributed by atoms with van der Waals surface area (Å²) >= 11 is 0. The standard InChI is InChI=1S/C10H19N5O/c1-7(2)6-16-10-13-8(11-3)12-9(14-10)15(4)5/h7H,6H2,1-5H3,(H,11,12,13,14). The Kier molecular flexibility index (Phi) is 4.28. The van der Waals surface area contributed by atoms with Gasteiger partial charge in [0, 0.05) is 21.1 Å². The second-order valence-electron chi connectivity index (χ2n) is 4.09. The first kappa shape index (κ1) is 12.5. The van der Waals surface area contributed by atoms with E-state index in [1.54, 1.807) is 7.05 Å². The molecule has 0 aliphatic heterocycles. The van der Waals surface area contributed by atoms with Crippen LogP contribution < -0.4 is 15.0 Å². The van der Waals surface area contributed by atoms with Crippen molar-refractivity contribution in [2.24, 2.45) is 5.92 Å². The van der Waals surface area contributed by atoms with E-state index in [1.165, 1.54) is 0 Å². The Bertz CT molecular complexity index is 340. The topological polar surface area (TPSA) is 63.2 Å². The molecule has 0 aromatic carbocycles. The molecule has 0 atom stereocenters. The number of nitrogens with one attached hydrogen (secondary N) is 1. The molecule has 0 spiro atoms. The number of nitrogens with zero attached hydrogens (tertiary/aromatic N) is 4. The molecule has 0 unspecified atom stereocenters. The Morgan fingerprint density at radius 3 is 2.44 bits per heavy atom. The first-order valence-electron chi connectivity index (χ1n) is 5.27. The van der Waals surface area contributed by atoms with Gasteiger partial charge in [0.05, 0.1) is 6.61 Å². The van der Waals surface area contributed by atoms with Crippen LogP contribution in [0.25, 0.3) is 0 Å². The lowest BCUT2D eigenvalue weighted by Crippen LogP contribution is -2.16. The van der Waals surface area contributed by atoms with Crippen LogP contribution in [0.15, 0.2) is 0 Å². The van der Waals surface area contributed by atoms with Crippen LogP contribution in [0.2, 0.25) is 0 Å². The molecule has 1 rings (SSSR count). The summed E-state index contributed by atoms with van der Waals surface area (Å²) in [7, 11) is 5.52. The molecular formula is C10H19N5O. The number of rotatable bonds is 5. The number of ether oxygens (including phenoxy) is 1. The molecule has 90 valence electrons. The van der Waals surface area contributed by atoms with Gasteiger partial charge < -0.3 is 15.0 Å². The molecule has 1 heterocycles. The molecule has 0 radical (unpaired) electrons. The monoisotopic (exact) mass is 225 g/mol. The summed E-state index contributed by atoms with van der Waals surface area (Å²) in [5.41, 5.74) is 0. The Morgan fingerprint density at radius 2 is 1.94 bits per heavy atom. The Labute approximate surface area is 96.1 Å². The van der Waals surface area contributed by atoms with Crippen LogP contribution in [0.4, 0.5) is 11.9 Å². The fraction of sp³-hybridized carbons (Fsp3) is 0.700. The minimum atomic E-state index is 0.358. The molecule has 0 bridgehead atoms. The van der Waals surface area contributed by atoms with Crippen molar-refractivity contribution in [1.82, 2.24) is 15.0 Å². The van der Waals surface area contributed by atoms with Crippen molar-refractivity contribution < 1.29 is 4.74 Å². The van der Waals surface area contributed by atoms with Crippen LogP contribution in [0.3, 0.4) is 0 Å². The predicted molar refractivity (Wildman–Crippen MR) is 64.0 cm³/mol. The van der Waals surface area contributed by atoms with Crippen molar-refractivity contribution in [3.05, 3.63) is 0 Å². The first-order chi connectivity index (χ1) is 7.52. The quantitative estimate of drug-likeness (QED) is 0.807. The van der Waals surface area contributed by atoms with Crippen molar-refractivity contribution in [2.75, 3.05) is 38.0 Å². The molecule has 1 aromatic heterocycles. The van der Waals surface area contributed by atoms with Gasteiger partial charge in [0.15, 0.2) is 0 Å². The summed E-state index contributed by atoms with van der Waals surface area (Å²) in [4.78, 5) is 14.3. The average Bonchev–Trinajstić information content (AvgIpc) is 2.25. The second-order valence-corrected chi connectivity index (χ2v) is 4.09. The molecule has 0 aliphatic rings. The third-order valence-electron chi connectivity index (χ3n) is 1.77. The van der Waals surface area contributed by atoms with Gasteiger partial charge in [-0.3, -0.25) is 0 Å². The fourth-order valence-corrected chi connectivity index (χ4v) is 0.963. The third-order valence-corrected chi connectivity index (χ3v) is 1.77. The second kappa shape index (κ2) is 5.48. The van der Waals surface area contributed by atoms with Crippen molar-refractivity contribution in [1.29, 1.82) is 0 Å². The largest absolute Gasteiger partial charge is 0.463 e. The van der Waals surface area contributed by atoms with Crippen molar-refractivity contribution in [3.63, 3.8) is 0 Å². The maximum atomic E-state index is 5.47. The lowest BCUT2D eigenvalue weighted by molar-refractivity contribution is 0.250.